The molecule has 1 aliphatic carbocycles. The molecule has 2 amide bonds. The number of carbonyl (C=O) groups is 1. The maximum Gasteiger partial charge on any atom is 0.319 e. The largest absolute Gasteiger partial charge is 0.353 e. The molecule has 2 aliphatic rings. The molecule has 1 saturated heterocycles. The molecule has 0 aromatic carbocycles. The number of nitrogens with one attached hydrogen (secondary N) is 1. The fourth-order valence-electron chi connectivity index (χ4n) is 4.08. The van der Waals surface area contributed by atoms with E-state index in [0.717, 1.165) is 23.4 Å². The minimum Gasteiger partial charge on any atom is -0.353 e. The van der Waals surface area contributed by atoms with Gasteiger partial charge in [-0.25, -0.2) is 22.4 Å². The minimum atomic E-state index is -3.74. The predicted octanol–water partition coefficient (Wildman–Crippen LogP) is 1.80. The Morgan fingerprint density at radius 3 is 2.44 bits per heavy atom. The number of piperazine rings is 1. The molecule has 34 heavy (non-hydrogen) atoms. The van der Waals surface area contributed by atoms with Gasteiger partial charge in [-0.3, -0.25) is 0 Å². The SMILES string of the molecule is Cc1nnc(-c2cnn3c(N4CCN(C(=O)N(C)C)CC4)cc(S(=O)(=O)NC4(C)CC4)cc23)s1. The molecule has 182 valence electrons. The Labute approximate surface area is 202 Å². The zero-order valence-corrected chi connectivity index (χ0v) is 21.3. The van der Waals surface area contributed by atoms with Gasteiger partial charge in [0.15, 0.2) is 5.01 Å². The van der Waals surface area contributed by atoms with Crippen molar-refractivity contribution < 1.29 is 13.2 Å². The highest BCUT2D eigenvalue weighted by atomic mass is 32.2. The van der Waals surface area contributed by atoms with Crippen molar-refractivity contribution >= 4 is 38.7 Å². The van der Waals surface area contributed by atoms with Crippen molar-refractivity contribution in [3.63, 3.8) is 0 Å². The molecule has 0 spiro atoms. The third-order valence-corrected chi connectivity index (χ3v) is 8.77. The maximum atomic E-state index is 13.3. The lowest BCUT2D eigenvalue weighted by Crippen LogP contribution is -2.52. The molecular weight excluding hydrogens is 476 g/mol. The number of fused-ring (bicyclic) bond motifs is 1. The van der Waals surface area contributed by atoms with Gasteiger partial charge in [-0.05, 0) is 32.8 Å². The highest BCUT2D eigenvalue weighted by Gasteiger charge is 2.41. The van der Waals surface area contributed by atoms with E-state index in [-0.39, 0.29) is 16.5 Å². The molecule has 1 saturated carbocycles. The van der Waals surface area contributed by atoms with E-state index in [9.17, 15) is 13.2 Å². The minimum absolute atomic E-state index is 0.0315. The van der Waals surface area contributed by atoms with Crippen LogP contribution >= 0.6 is 11.3 Å². The van der Waals surface area contributed by atoms with Crippen LogP contribution in [-0.2, 0) is 10.0 Å². The van der Waals surface area contributed by atoms with Crippen molar-refractivity contribution in [3.8, 4) is 10.6 Å². The number of hydrogen-bond acceptors (Lipinski definition) is 8. The Morgan fingerprint density at radius 1 is 1.15 bits per heavy atom. The normalized spacial score (nSPS) is 17.9. The van der Waals surface area contributed by atoms with Crippen molar-refractivity contribution in [2.75, 3.05) is 45.2 Å². The number of urea groups is 1. The van der Waals surface area contributed by atoms with Crippen LogP contribution in [0.1, 0.15) is 24.8 Å². The van der Waals surface area contributed by atoms with Crippen molar-refractivity contribution in [3.05, 3.63) is 23.3 Å². The van der Waals surface area contributed by atoms with Crippen molar-refractivity contribution in [2.45, 2.75) is 37.1 Å². The zero-order chi connectivity index (χ0) is 24.3. The summed E-state index contributed by atoms with van der Waals surface area (Å²) in [6.45, 7) is 6.00. The third kappa shape index (κ3) is 4.23. The van der Waals surface area contributed by atoms with Crippen molar-refractivity contribution in [2.24, 2.45) is 0 Å². The molecule has 2 fully saturated rings. The third-order valence-electron chi connectivity index (χ3n) is 6.28. The summed E-state index contributed by atoms with van der Waals surface area (Å²) in [6.07, 6.45) is 3.35. The Balaban J connectivity index is 1.57. The molecule has 4 heterocycles. The smallest absolute Gasteiger partial charge is 0.319 e. The number of rotatable bonds is 5. The summed E-state index contributed by atoms with van der Waals surface area (Å²) in [4.78, 5) is 18.0. The highest BCUT2D eigenvalue weighted by Crippen LogP contribution is 2.37. The lowest BCUT2D eigenvalue weighted by atomic mass is 10.2. The van der Waals surface area contributed by atoms with Gasteiger partial charge in [-0.2, -0.15) is 5.10 Å². The Hall–Kier alpha value is -2.77. The van der Waals surface area contributed by atoms with E-state index in [0.29, 0.717) is 42.5 Å². The van der Waals surface area contributed by atoms with Gasteiger partial charge in [-0.1, -0.05) is 11.3 Å². The molecule has 3 aromatic rings. The fraction of sp³-hybridized carbons (Fsp3) is 0.524. The van der Waals surface area contributed by atoms with E-state index in [1.165, 1.54) is 11.3 Å². The van der Waals surface area contributed by atoms with Crippen LogP contribution in [0.5, 0.6) is 0 Å². The molecule has 13 heteroatoms. The molecule has 1 N–H and O–H groups in total. The number of sulfonamides is 1. The van der Waals surface area contributed by atoms with Gasteiger partial charge in [0, 0.05) is 51.9 Å². The second kappa shape index (κ2) is 8.17. The summed E-state index contributed by atoms with van der Waals surface area (Å²) < 4.78 is 31.2. The molecule has 0 radical (unpaired) electrons. The highest BCUT2D eigenvalue weighted by molar-refractivity contribution is 7.89. The van der Waals surface area contributed by atoms with Crippen LogP contribution < -0.4 is 9.62 Å². The van der Waals surface area contributed by atoms with Crippen LogP contribution in [0.15, 0.2) is 23.2 Å². The van der Waals surface area contributed by atoms with Gasteiger partial charge in [0.25, 0.3) is 0 Å². The number of aromatic nitrogens is 4. The van der Waals surface area contributed by atoms with Crippen LogP contribution in [0, 0.1) is 6.92 Å². The number of anilines is 1. The second-order valence-electron chi connectivity index (χ2n) is 9.35. The standard InChI is InChI=1S/C21H28N8O3S2/c1-14-23-24-19(33-14)16-13-22-29-17(16)11-15(34(31,32)25-21(2)5-6-21)12-18(29)27-7-9-28(10-8-27)20(30)26(3)4/h11-13,25H,5-10H2,1-4H3. The van der Waals surface area contributed by atoms with Crippen LogP contribution in [0.4, 0.5) is 10.6 Å². The fourth-order valence-corrected chi connectivity index (χ4v) is 6.29. The van der Waals surface area contributed by atoms with E-state index in [1.807, 2.05) is 13.8 Å². The summed E-state index contributed by atoms with van der Waals surface area (Å²) in [5, 5.41) is 14.4. The predicted molar refractivity (Wildman–Crippen MR) is 130 cm³/mol. The van der Waals surface area contributed by atoms with Crippen LogP contribution in [0.2, 0.25) is 0 Å². The first-order valence-electron chi connectivity index (χ1n) is 11.1. The summed E-state index contributed by atoms with van der Waals surface area (Å²) in [5.41, 5.74) is 1.01. The van der Waals surface area contributed by atoms with Crippen molar-refractivity contribution in [1.82, 2.24) is 34.3 Å². The number of hydrogen-bond donors (Lipinski definition) is 1. The van der Waals surface area contributed by atoms with Gasteiger partial charge in [0.1, 0.15) is 10.8 Å². The number of nitrogens with zero attached hydrogens (tertiary/aromatic N) is 7. The molecule has 1 aliphatic heterocycles. The Morgan fingerprint density at radius 2 is 1.85 bits per heavy atom. The average Bonchev–Trinajstić information content (AvgIpc) is 3.17. The van der Waals surface area contributed by atoms with Crippen molar-refractivity contribution in [1.29, 1.82) is 0 Å². The van der Waals surface area contributed by atoms with E-state index < -0.39 is 10.0 Å². The summed E-state index contributed by atoms with van der Waals surface area (Å²) in [7, 11) is -0.264. The number of aryl methyl sites for hydroxylation is 1. The summed E-state index contributed by atoms with van der Waals surface area (Å²) >= 11 is 1.44. The van der Waals surface area contributed by atoms with Gasteiger partial charge < -0.3 is 14.7 Å². The van der Waals surface area contributed by atoms with Gasteiger partial charge in [-0.15, -0.1) is 10.2 Å². The van der Waals surface area contributed by atoms with E-state index in [2.05, 4.69) is 24.9 Å². The second-order valence-corrected chi connectivity index (χ2v) is 12.2. The van der Waals surface area contributed by atoms with Crippen LogP contribution in [0.25, 0.3) is 16.1 Å². The quantitative estimate of drug-likeness (QED) is 0.563. The molecule has 5 rings (SSSR count). The molecule has 11 nitrogen and oxygen atoms in total. The zero-order valence-electron chi connectivity index (χ0n) is 19.6. The van der Waals surface area contributed by atoms with Gasteiger partial charge in [0.2, 0.25) is 10.0 Å². The topological polar surface area (TPSA) is 116 Å². The Kier molecular flexibility index (Phi) is 5.52. The lowest BCUT2D eigenvalue weighted by molar-refractivity contribution is 0.168. The molecule has 0 unspecified atom stereocenters. The van der Waals surface area contributed by atoms with E-state index >= 15 is 0 Å². The molecular formula is C21H28N8O3S2. The number of carbonyl (C=O) groups excluding carboxylic acids is 1. The van der Waals surface area contributed by atoms with E-state index in [4.69, 9.17) is 0 Å². The maximum absolute atomic E-state index is 13.3. The average molecular weight is 505 g/mol. The monoisotopic (exact) mass is 504 g/mol. The molecule has 0 bridgehead atoms. The van der Waals surface area contributed by atoms with Gasteiger partial charge >= 0.3 is 6.03 Å². The van der Waals surface area contributed by atoms with Gasteiger partial charge in [0.05, 0.1) is 22.2 Å². The van der Waals surface area contributed by atoms with Crippen LogP contribution in [-0.4, -0.2) is 89.9 Å². The number of amides is 2. The lowest BCUT2D eigenvalue weighted by Gasteiger charge is -2.37. The number of pyridine rings is 1. The summed E-state index contributed by atoms with van der Waals surface area (Å²) in [6, 6.07) is 3.30. The molecule has 3 aromatic heterocycles. The Bertz CT molecular complexity index is 1350. The first kappa shape index (κ1) is 23.0. The molecule has 0 atom stereocenters. The van der Waals surface area contributed by atoms with E-state index in [1.54, 1.807) is 46.7 Å². The van der Waals surface area contributed by atoms with Crippen LogP contribution in [0.3, 0.4) is 0 Å². The summed E-state index contributed by atoms with van der Waals surface area (Å²) in [5.74, 6) is 0.670. The first-order chi connectivity index (χ1) is 16.1. The first-order valence-corrected chi connectivity index (χ1v) is 13.4.